The van der Waals surface area contributed by atoms with E-state index in [1.165, 1.54) is 12.1 Å². The van der Waals surface area contributed by atoms with Gasteiger partial charge in [0.15, 0.2) is 6.29 Å². The molecule has 0 spiro atoms. The van der Waals surface area contributed by atoms with Gasteiger partial charge in [0, 0.05) is 22.7 Å². The third-order valence-corrected chi connectivity index (χ3v) is 2.95. The second kappa shape index (κ2) is 4.67. The maximum atomic E-state index is 13.6. The minimum Gasteiger partial charge on any atom is -0.298 e. The molecule has 0 atom stereocenters. The summed E-state index contributed by atoms with van der Waals surface area (Å²) in [5.74, 6) is -0.394. The molecule has 1 N–H and O–H groups in total. The molecule has 3 nitrogen and oxygen atoms in total. The molecule has 88 valence electrons. The quantitative estimate of drug-likeness (QED) is 0.854. The van der Waals surface area contributed by atoms with Gasteiger partial charge in [0.25, 0.3) is 0 Å². The molecule has 2 rings (SSSR count). The summed E-state index contributed by atoms with van der Waals surface area (Å²) in [7, 11) is 0. The summed E-state index contributed by atoms with van der Waals surface area (Å²) in [4.78, 5) is 10.9. The van der Waals surface area contributed by atoms with Crippen molar-refractivity contribution in [3.63, 3.8) is 0 Å². The zero-order valence-corrected chi connectivity index (χ0v) is 9.88. The Morgan fingerprint density at radius 2 is 2.29 bits per heavy atom. The molecule has 0 aliphatic rings. The summed E-state index contributed by atoms with van der Waals surface area (Å²) >= 11 is 5.92. The zero-order chi connectivity index (χ0) is 12.4. The predicted molar refractivity (Wildman–Crippen MR) is 62.9 cm³/mol. The molecule has 1 heterocycles. The topological polar surface area (TPSA) is 45.8 Å². The molecule has 2 aromatic rings. The predicted octanol–water partition coefficient (Wildman–Crippen LogP) is 2.91. The Morgan fingerprint density at radius 1 is 1.53 bits per heavy atom. The number of hydrogen-bond donors (Lipinski definition) is 1. The first kappa shape index (κ1) is 11.8. The standard InChI is InChI=1S/C12H10ClFN2O/c1-7-9(6-17)12(16-15-7)5-8-10(13)3-2-4-11(8)14/h2-4,6H,5H2,1H3,(H,15,16). The van der Waals surface area contributed by atoms with Crippen LogP contribution in [-0.4, -0.2) is 16.5 Å². The number of aromatic amines is 1. The van der Waals surface area contributed by atoms with Gasteiger partial charge in [-0.05, 0) is 19.1 Å². The molecule has 0 fully saturated rings. The van der Waals surface area contributed by atoms with E-state index >= 15 is 0 Å². The lowest BCUT2D eigenvalue weighted by atomic mass is 10.1. The highest BCUT2D eigenvalue weighted by molar-refractivity contribution is 6.31. The van der Waals surface area contributed by atoms with E-state index in [-0.39, 0.29) is 6.42 Å². The van der Waals surface area contributed by atoms with E-state index in [0.717, 1.165) is 0 Å². The monoisotopic (exact) mass is 252 g/mol. The highest BCUT2D eigenvalue weighted by Gasteiger charge is 2.14. The van der Waals surface area contributed by atoms with Crippen LogP contribution in [0.1, 0.15) is 27.3 Å². The van der Waals surface area contributed by atoms with Crippen LogP contribution in [-0.2, 0) is 6.42 Å². The van der Waals surface area contributed by atoms with E-state index in [1.807, 2.05) is 0 Å². The Balaban J connectivity index is 2.41. The van der Waals surface area contributed by atoms with Crippen LogP contribution in [0, 0.1) is 12.7 Å². The van der Waals surface area contributed by atoms with Crippen molar-refractivity contribution < 1.29 is 9.18 Å². The van der Waals surface area contributed by atoms with Crippen LogP contribution >= 0.6 is 11.6 Å². The molecular weight excluding hydrogens is 243 g/mol. The molecule has 0 aliphatic heterocycles. The van der Waals surface area contributed by atoms with Gasteiger partial charge in [-0.3, -0.25) is 9.89 Å². The van der Waals surface area contributed by atoms with Crippen molar-refractivity contribution in [2.75, 3.05) is 0 Å². The van der Waals surface area contributed by atoms with Crippen LogP contribution < -0.4 is 0 Å². The molecule has 0 saturated carbocycles. The first-order valence-electron chi connectivity index (χ1n) is 5.05. The van der Waals surface area contributed by atoms with Gasteiger partial charge in [-0.25, -0.2) is 4.39 Å². The first-order chi connectivity index (χ1) is 8.13. The van der Waals surface area contributed by atoms with E-state index in [9.17, 15) is 9.18 Å². The van der Waals surface area contributed by atoms with Crippen LogP contribution in [0.4, 0.5) is 4.39 Å². The molecule has 0 bridgehead atoms. The Labute approximate surface area is 103 Å². The second-order valence-electron chi connectivity index (χ2n) is 3.70. The van der Waals surface area contributed by atoms with Crippen molar-refractivity contribution in [3.8, 4) is 0 Å². The molecule has 1 aromatic carbocycles. The summed E-state index contributed by atoms with van der Waals surface area (Å²) in [6.45, 7) is 1.74. The number of benzene rings is 1. The number of carbonyl (C=O) groups excluding carboxylic acids is 1. The molecular formula is C12H10ClFN2O. The van der Waals surface area contributed by atoms with Crippen molar-refractivity contribution in [2.45, 2.75) is 13.3 Å². The zero-order valence-electron chi connectivity index (χ0n) is 9.13. The summed E-state index contributed by atoms with van der Waals surface area (Å²) in [5, 5.41) is 7.02. The Morgan fingerprint density at radius 3 is 2.94 bits per heavy atom. The number of nitrogens with zero attached hydrogens (tertiary/aromatic N) is 1. The Kier molecular flexibility index (Phi) is 3.24. The molecule has 1 aromatic heterocycles. The fourth-order valence-corrected chi connectivity index (χ4v) is 1.88. The van der Waals surface area contributed by atoms with Crippen LogP contribution in [0.15, 0.2) is 18.2 Å². The number of aldehydes is 1. The molecule has 17 heavy (non-hydrogen) atoms. The highest BCUT2D eigenvalue weighted by Crippen LogP contribution is 2.23. The molecule has 5 heteroatoms. The maximum absolute atomic E-state index is 13.6. The minimum atomic E-state index is -0.394. The van der Waals surface area contributed by atoms with Crippen molar-refractivity contribution in [1.82, 2.24) is 10.2 Å². The lowest BCUT2D eigenvalue weighted by Gasteiger charge is -2.04. The smallest absolute Gasteiger partial charge is 0.153 e. The fraction of sp³-hybridized carbons (Fsp3) is 0.167. The first-order valence-corrected chi connectivity index (χ1v) is 5.43. The third kappa shape index (κ3) is 2.22. The number of H-pyrrole nitrogens is 1. The lowest BCUT2D eigenvalue weighted by molar-refractivity contribution is 0.112. The Hall–Kier alpha value is -1.68. The van der Waals surface area contributed by atoms with E-state index in [0.29, 0.717) is 33.8 Å². The van der Waals surface area contributed by atoms with Gasteiger partial charge in [-0.1, -0.05) is 17.7 Å². The molecule has 0 aliphatic carbocycles. The van der Waals surface area contributed by atoms with Crippen LogP contribution in [0.25, 0.3) is 0 Å². The van der Waals surface area contributed by atoms with E-state index < -0.39 is 5.82 Å². The maximum Gasteiger partial charge on any atom is 0.153 e. The van der Waals surface area contributed by atoms with Gasteiger partial charge >= 0.3 is 0 Å². The van der Waals surface area contributed by atoms with Crippen molar-refractivity contribution in [1.29, 1.82) is 0 Å². The number of nitrogens with one attached hydrogen (secondary N) is 1. The molecule has 0 amide bonds. The number of aryl methyl sites for hydroxylation is 1. The van der Waals surface area contributed by atoms with Gasteiger partial charge in [0.2, 0.25) is 0 Å². The summed E-state index contributed by atoms with van der Waals surface area (Å²) < 4.78 is 13.6. The van der Waals surface area contributed by atoms with Gasteiger partial charge < -0.3 is 0 Å². The van der Waals surface area contributed by atoms with Crippen molar-refractivity contribution in [2.24, 2.45) is 0 Å². The van der Waals surface area contributed by atoms with Crippen LogP contribution in [0.3, 0.4) is 0 Å². The summed E-state index contributed by atoms with van der Waals surface area (Å²) in [6.07, 6.45) is 0.910. The average molecular weight is 253 g/mol. The largest absolute Gasteiger partial charge is 0.298 e. The molecule has 0 saturated heterocycles. The number of hydrogen-bond acceptors (Lipinski definition) is 2. The van der Waals surface area contributed by atoms with Gasteiger partial charge in [-0.2, -0.15) is 5.10 Å². The van der Waals surface area contributed by atoms with Crippen LogP contribution in [0.5, 0.6) is 0 Å². The highest BCUT2D eigenvalue weighted by atomic mass is 35.5. The molecule has 0 unspecified atom stereocenters. The molecule has 0 radical (unpaired) electrons. The van der Waals surface area contributed by atoms with E-state index in [1.54, 1.807) is 13.0 Å². The number of aromatic nitrogens is 2. The van der Waals surface area contributed by atoms with E-state index in [4.69, 9.17) is 11.6 Å². The third-order valence-electron chi connectivity index (χ3n) is 2.60. The van der Waals surface area contributed by atoms with Crippen molar-refractivity contribution in [3.05, 3.63) is 51.6 Å². The average Bonchev–Trinajstić information content (AvgIpc) is 2.64. The minimum absolute atomic E-state index is 0.198. The van der Waals surface area contributed by atoms with Gasteiger partial charge in [-0.15, -0.1) is 0 Å². The number of carbonyl (C=O) groups is 1. The summed E-state index contributed by atoms with van der Waals surface area (Å²) in [6, 6.07) is 4.49. The van der Waals surface area contributed by atoms with Gasteiger partial charge in [0.05, 0.1) is 11.3 Å². The number of halogens is 2. The van der Waals surface area contributed by atoms with Gasteiger partial charge in [0.1, 0.15) is 5.82 Å². The van der Waals surface area contributed by atoms with E-state index in [2.05, 4.69) is 10.2 Å². The fourth-order valence-electron chi connectivity index (χ4n) is 1.65. The number of rotatable bonds is 3. The lowest BCUT2D eigenvalue weighted by Crippen LogP contribution is -1.97. The van der Waals surface area contributed by atoms with Crippen LogP contribution in [0.2, 0.25) is 5.02 Å². The summed E-state index contributed by atoms with van der Waals surface area (Å²) in [5.41, 5.74) is 1.99. The second-order valence-corrected chi connectivity index (χ2v) is 4.11. The van der Waals surface area contributed by atoms with Crippen molar-refractivity contribution >= 4 is 17.9 Å². The normalized spacial score (nSPS) is 10.5. The Bertz CT molecular complexity index is 545. The SMILES string of the molecule is Cc1[nH]nc(Cc2c(F)cccc2Cl)c1C=O.